The lowest BCUT2D eigenvalue weighted by Crippen LogP contribution is -2.18. The second kappa shape index (κ2) is 11.1. The normalized spacial score (nSPS) is 11.7. The molecule has 2 heterocycles. The third kappa shape index (κ3) is 5.13. The number of anilines is 1. The Hall–Kier alpha value is -5.23. The SMILES string of the molecule is CCS(=O)(=O)Nc1cc2oc(-c3ccc(F)cc3)c(C(=O)NC)c2cc1-c1ccc(OC)c(-c2nc3c(F)cccc3o2)c1. The van der Waals surface area contributed by atoms with Gasteiger partial charge in [-0.25, -0.2) is 22.2 Å². The van der Waals surface area contributed by atoms with Crippen molar-refractivity contribution >= 4 is 43.7 Å². The fourth-order valence-electron chi connectivity index (χ4n) is 4.93. The molecule has 0 aliphatic carbocycles. The molecule has 2 aromatic heterocycles. The summed E-state index contributed by atoms with van der Waals surface area (Å²) in [5, 5.41) is 3.00. The molecule has 0 bridgehead atoms. The van der Waals surface area contributed by atoms with Crippen LogP contribution in [0.25, 0.3) is 56.0 Å². The first-order chi connectivity index (χ1) is 21.1. The van der Waals surface area contributed by atoms with Crippen LogP contribution in [-0.4, -0.2) is 39.2 Å². The molecule has 6 aromatic rings. The topological polar surface area (TPSA) is 124 Å². The quantitative estimate of drug-likeness (QED) is 0.189. The molecule has 9 nitrogen and oxygen atoms in total. The maximum Gasteiger partial charge on any atom is 0.255 e. The molecule has 224 valence electrons. The summed E-state index contributed by atoms with van der Waals surface area (Å²) in [6, 6.07) is 18.0. The standard InChI is InChI=1S/C32H25F2N3O6S/c1-4-44(39,40)37-24-16-27-21(28(31(38)35-2)30(42-27)17-8-11-19(33)12-9-17)15-20(24)18-10-13-25(41-3)22(14-18)32-36-29-23(34)6-5-7-26(29)43-32/h5-16,37H,4H2,1-3H3,(H,35,38). The van der Waals surface area contributed by atoms with Gasteiger partial charge in [-0.15, -0.1) is 0 Å². The van der Waals surface area contributed by atoms with Gasteiger partial charge in [-0.3, -0.25) is 9.52 Å². The van der Waals surface area contributed by atoms with Crippen LogP contribution in [0, 0.1) is 11.6 Å². The summed E-state index contributed by atoms with van der Waals surface area (Å²) in [6.07, 6.45) is 0. The van der Waals surface area contributed by atoms with Gasteiger partial charge < -0.3 is 18.9 Å². The van der Waals surface area contributed by atoms with Gasteiger partial charge in [0.2, 0.25) is 15.9 Å². The van der Waals surface area contributed by atoms with E-state index in [2.05, 4.69) is 15.0 Å². The van der Waals surface area contributed by atoms with Gasteiger partial charge in [-0.1, -0.05) is 12.1 Å². The Morgan fingerprint density at radius 1 is 0.932 bits per heavy atom. The number of aromatic nitrogens is 1. The van der Waals surface area contributed by atoms with Gasteiger partial charge in [0.25, 0.3) is 5.91 Å². The fourth-order valence-corrected chi connectivity index (χ4v) is 5.58. The molecular weight excluding hydrogens is 592 g/mol. The molecule has 6 rings (SSSR count). The van der Waals surface area contributed by atoms with E-state index in [1.807, 2.05) is 0 Å². The van der Waals surface area contributed by atoms with Gasteiger partial charge in [0.05, 0.1) is 29.7 Å². The largest absolute Gasteiger partial charge is 0.496 e. The molecule has 0 spiro atoms. The summed E-state index contributed by atoms with van der Waals surface area (Å²) in [7, 11) is -0.824. The summed E-state index contributed by atoms with van der Waals surface area (Å²) in [4.78, 5) is 17.5. The zero-order chi connectivity index (χ0) is 31.2. The van der Waals surface area contributed by atoms with Gasteiger partial charge in [0, 0.05) is 29.6 Å². The van der Waals surface area contributed by atoms with E-state index in [0.717, 1.165) is 0 Å². The highest BCUT2D eigenvalue weighted by molar-refractivity contribution is 7.92. The molecule has 0 aliphatic heterocycles. The number of amides is 1. The van der Waals surface area contributed by atoms with Crippen LogP contribution in [0.15, 0.2) is 81.6 Å². The summed E-state index contributed by atoms with van der Waals surface area (Å²) in [5.41, 5.74) is 2.63. The third-order valence-electron chi connectivity index (χ3n) is 7.14. The van der Waals surface area contributed by atoms with E-state index in [-0.39, 0.29) is 45.3 Å². The van der Waals surface area contributed by atoms with Crippen molar-refractivity contribution in [3.05, 3.63) is 90.0 Å². The number of rotatable bonds is 8. The molecule has 0 atom stereocenters. The Morgan fingerprint density at radius 3 is 2.36 bits per heavy atom. The van der Waals surface area contributed by atoms with Crippen LogP contribution in [0.1, 0.15) is 17.3 Å². The zero-order valence-electron chi connectivity index (χ0n) is 23.7. The number of sulfonamides is 1. The van der Waals surface area contributed by atoms with Crippen molar-refractivity contribution in [2.45, 2.75) is 6.92 Å². The highest BCUT2D eigenvalue weighted by Crippen LogP contribution is 2.42. The van der Waals surface area contributed by atoms with Gasteiger partial charge in [0.15, 0.2) is 11.4 Å². The lowest BCUT2D eigenvalue weighted by Gasteiger charge is -2.14. The van der Waals surface area contributed by atoms with Crippen molar-refractivity contribution in [1.29, 1.82) is 0 Å². The van der Waals surface area contributed by atoms with Gasteiger partial charge in [-0.2, -0.15) is 0 Å². The van der Waals surface area contributed by atoms with Gasteiger partial charge >= 0.3 is 0 Å². The number of fused-ring (bicyclic) bond motifs is 2. The van der Waals surface area contributed by atoms with Crippen LogP contribution in [-0.2, 0) is 10.0 Å². The molecule has 44 heavy (non-hydrogen) atoms. The molecule has 0 unspecified atom stereocenters. The number of carbonyl (C=O) groups excluding carboxylic acids is 1. The number of oxazole rings is 1. The van der Waals surface area contributed by atoms with E-state index in [4.69, 9.17) is 13.6 Å². The molecule has 0 fully saturated rings. The van der Waals surface area contributed by atoms with E-state index in [0.29, 0.717) is 33.4 Å². The van der Waals surface area contributed by atoms with Crippen LogP contribution in [0.5, 0.6) is 5.75 Å². The number of hydrogen-bond acceptors (Lipinski definition) is 7. The molecule has 4 aromatic carbocycles. The predicted molar refractivity (Wildman–Crippen MR) is 163 cm³/mol. The number of para-hydroxylation sites is 1. The lowest BCUT2D eigenvalue weighted by molar-refractivity contribution is 0.0964. The van der Waals surface area contributed by atoms with Crippen LogP contribution in [0.3, 0.4) is 0 Å². The summed E-state index contributed by atoms with van der Waals surface area (Å²) in [5.74, 6) is -1.01. The smallest absolute Gasteiger partial charge is 0.255 e. The molecule has 0 saturated carbocycles. The fraction of sp³-hybridized carbons (Fsp3) is 0.125. The molecule has 1 amide bonds. The van der Waals surface area contributed by atoms with Gasteiger partial charge in [0.1, 0.15) is 28.4 Å². The summed E-state index contributed by atoms with van der Waals surface area (Å²) < 4.78 is 73.8. The average Bonchev–Trinajstić information content (AvgIpc) is 3.63. The molecule has 12 heteroatoms. The van der Waals surface area contributed by atoms with Crippen molar-refractivity contribution in [2.24, 2.45) is 0 Å². The second-order valence-electron chi connectivity index (χ2n) is 9.81. The number of nitrogens with zero attached hydrogens (tertiary/aromatic N) is 1. The molecule has 0 radical (unpaired) electrons. The van der Waals surface area contributed by atoms with E-state index in [1.165, 1.54) is 63.5 Å². The average molecular weight is 618 g/mol. The zero-order valence-corrected chi connectivity index (χ0v) is 24.5. The molecular formula is C32H25F2N3O6S. The van der Waals surface area contributed by atoms with E-state index < -0.39 is 27.6 Å². The Morgan fingerprint density at radius 2 is 1.68 bits per heavy atom. The molecule has 0 aliphatic rings. The number of methoxy groups -OCH3 is 1. The minimum absolute atomic E-state index is 0.0507. The Kier molecular flexibility index (Phi) is 7.30. The van der Waals surface area contributed by atoms with Gasteiger partial charge in [-0.05, 0) is 67.1 Å². The van der Waals surface area contributed by atoms with Crippen molar-refractivity contribution in [1.82, 2.24) is 10.3 Å². The number of benzene rings is 4. The first-order valence-electron chi connectivity index (χ1n) is 13.4. The van der Waals surface area contributed by atoms with Crippen LogP contribution in [0.4, 0.5) is 14.5 Å². The number of nitrogens with one attached hydrogen (secondary N) is 2. The first-order valence-corrected chi connectivity index (χ1v) is 15.1. The van der Waals surface area contributed by atoms with Crippen LogP contribution >= 0.6 is 0 Å². The molecule has 2 N–H and O–H groups in total. The summed E-state index contributed by atoms with van der Waals surface area (Å²) >= 11 is 0. The second-order valence-corrected chi connectivity index (χ2v) is 11.8. The van der Waals surface area contributed by atoms with Crippen LogP contribution in [0.2, 0.25) is 0 Å². The lowest BCUT2D eigenvalue weighted by atomic mass is 9.97. The Labute approximate surface area is 250 Å². The minimum atomic E-state index is -3.76. The number of hydrogen-bond donors (Lipinski definition) is 2. The first kappa shape index (κ1) is 28.9. The molecule has 0 saturated heterocycles. The number of ether oxygens (including phenoxy) is 1. The predicted octanol–water partition coefficient (Wildman–Crippen LogP) is 6.98. The minimum Gasteiger partial charge on any atom is -0.496 e. The van der Waals surface area contributed by atoms with Crippen molar-refractivity contribution in [2.75, 3.05) is 24.6 Å². The van der Waals surface area contributed by atoms with Crippen molar-refractivity contribution in [3.8, 4) is 39.7 Å². The van der Waals surface area contributed by atoms with E-state index in [1.54, 1.807) is 30.3 Å². The number of halogens is 2. The number of furan rings is 1. The Balaban J connectivity index is 1.61. The maximum atomic E-state index is 14.4. The van der Waals surface area contributed by atoms with Crippen molar-refractivity contribution < 1.29 is 35.6 Å². The maximum absolute atomic E-state index is 14.4. The summed E-state index contributed by atoms with van der Waals surface area (Å²) in [6.45, 7) is 1.50. The third-order valence-corrected chi connectivity index (χ3v) is 8.44. The monoisotopic (exact) mass is 617 g/mol. The highest BCUT2D eigenvalue weighted by Gasteiger charge is 2.25. The van der Waals surface area contributed by atoms with E-state index in [9.17, 15) is 22.0 Å². The highest BCUT2D eigenvalue weighted by atomic mass is 32.2. The van der Waals surface area contributed by atoms with E-state index >= 15 is 0 Å². The number of carbonyl (C=O) groups is 1. The van der Waals surface area contributed by atoms with Crippen molar-refractivity contribution in [3.63, 3.8) is 0 Å². The van der Waals surface area contributed by atoms with Crippen LogP contribution < -0.4 is 14.8 Å². The Bertz CT molecular complexity index is 2170.